The zero-order valence-electron chi connectivity index (χ0n) is 16.2. The number of nitrogens with one attached hydrogen (secondary N) is 1. The molecule has 7 heteroatoms. The molecule has 3 amide bonds. The first-order chi connectivity index (χ1) is 13.6. The van der Waals surface area contributed by atoms with Gasteiger partial charge in [-0.05, 0) is 37.1 Å². The second-order valence-corrected chi connectivity index (χ2v) is 7.21. The lowest BCUT2D eigenvalue weighted by Gasteiger charge is -2.34. The lowest BCUT2D eigenvalue weighted by molar-refractivity contribution is -0.122. The van der Waals surface area contributed by atoms with Gasteiger partial charge in [0.25, 0.3) is 5.91 Å². The first-order valence-electron chi connectivity index (χ1n) is 9.88. The highest BCUT2D eigenvalue weighted by Crippen LogP contribution is 2.22. The third-order valence-corrected chi connectivity index (χ3v) is 5.22. The van der Waals surface area contributed by atoms with Gasteiger partial charge in [-0.2, -0.15) is 0 Å². The van der Waals surface area contributed by atoms with Crippen molar-refractivity contribution >= 4 is 23.4 Å². The third-order valence-electron chi connectivity index (χ3n) is 5.22. The summed E-state index contributed by atoms with van der Waals surface area (Å²) in [4.78, 5) is 42.2. The number of piperidine rings is 1. The van der Waals surface area contributed by atoms with Crippen LogP contribution in [0.25, 0.3) is 0 Å². The number of hydrogen-bond acceptors (Lipinski definition) is 4. The molecule has 1 aromatic rings. The van der Waals surface area contributed by atoms with Crippen molar-refractivity contribution in [2.75, 3.05) is 50.7 Å². The SMILES string of the molecule is C=CCNC(=O)CN1CCN(C(=O)c2ccc(N3CCCCC3=O)cc2)CC1. The Morgan fingerprint density at radius 2 is 1.75 bits per heavy atom. The number of rotatable bonds is 6. The molecule has 2 fully saturated rings. The van der Waals surface area contributed by atoms with Gasteiger partial charge in [0.05, 0.1) is 6.54 Å². The van der Waals surface area contributed by atoms with E-state index in [1.165, 1.54) is 0 Å². The van der Waals surface area contributed by atoms with E-state index >= 15 is 0 Å². The molecule has 0 saturated carbocycles. The molecule has 1 aromatic carbocycles. The highest BCUT2D eigenvalue weighted by molar-refractivity contribution is 5.97. The maximum Gasteiger partial charge on any atom is 0.253 e. The normalized spacial score (nSPS) is 18.1. The van der Waals surface area contributed by atoms with Crippen LogP contribution in [0.3, 0.4) is 0 Å². The molecule has 2 heterocycles. The minimum Gasteiger partial charge on any atom is -0.352 e. The quantitative estimate of drug-likeness (QED) is 0.750. The van der Waals surface area contributed by atoms with Crippen LogP contribution in [0.2, 0.25) is 0 Å². The zero-order chi connectivity index (χ0) is 19.9. The summed E-state index contributed by atoms with van der Waals surface area (Å²) in [5.74, 6) is 0.119. The van der Waals surface area contributed by atoms with Crippen molar-refractivity contribution in [3.05, 3.63) is 42.5 Å². The van der Waals surface area contributed by atoms with Gasteiger partial charge >= 0.3 is 0 Å². The Kier molecular flexibility index (Phi) is 6.81. The second kappa shape index (κ2) is 9.50. The van der Waals surface area contributed by atoms with E-state index in [2.05, 4.69) is 11.9 Å². The molecule has 28 heavy (non-hydrogen) atoms. The van der Waals surface area contributed by atoms with Crippen LogP contribution in [-0.4, -0.2) is 73.3 Å². The summed E-state index contributed by atoms with van der Waals surface area (Å²) in [6, 6.07) is 7.32. The molecule has 0 aromatic heterocycles. The maximum absolute atomic E-state index is 12.8. The molecular formula is C21H28N4O3. The predicted octanol–water partition coefficient (Wildman–Crippen LogP) is 1.26. The summed E-state index contributed by atoms with van der Waals surface area (Å²) in [6.45, 7) is 7.68. The van der Waals surface area contributed by atoms with Crippen LogP contribution in [0, 0.1) is 0 Å². The van der Waals surface area contributed by atoms with E-state index in [1.807, 2.05) is 21.9 Å². The van der Waals surface area contributed by atoms with Gasteiger partial charge in [0, 0.05) is 56.9 Å². The molecule has 0 spiro atoms. The first-order valence-corrected chi connectivity index (χ1v) is 9.88. The van der Waals surface area contributed by atoms with Crippen LogP contribution in [0.4, 0.5) is 5.69 Å². The highest BCUT2D eigenvalue weighted by Gasteiger charge is 2.24. The van der Waals surface area contributed by atoms with E-state index in [1.54, 1.807) is 23.1 Å². The van der Waals surface area contributed by atoms with Crippen LogP contribution < -0.4 is 10.2 Å². The summed E-state index contributed by atoms with van der Waals surface area (Å²) in [6.07, 6.45) is 4.22. The second-order valence-electron chi connectivity index (χ2n) is 7.21. The number of anilines is 1. The molecule has 7 nitrogen and oxygen atoms in total. The number of benzene rings is 1. The fraction of sp³-hybridized carbons (Fsp3) is 0.476. The highest BCUT2D eigenvalue weighted by atomic mass is 16.2. The summed E-state index contributed by atoms with van der Waals surface area (Å²) in [7, 11) is 0. The van der Waals surface area contributed by atoms with Gasteiger partial charge < -0.3 is 15.1 Å². The van der Waals surface area contributed by atoms with Crippen molar-refractivity contribution in [1.82, 2.24) is 15.1 Å². The number of amides is 3. The van der Waals surface area contributed by atoms with Crippen molar-refractivity contribution in [3.8, 4) is 0 Å². The summed E-state index contributed by atoms with van der Waals surface area (Å²) in [5, 5.41) is 2.77. The van der Waals surface area contributed by atoms with Crippen molar-refractivity contribution in [2.45, 2.75) is 19.3 Å². The van der Waals surface area contributed by atoms with Gasteiger partial charge in [-0.25, -0.2) is 0 Å². The molecule has 2 aliphatic rings. The molecule has 0 radical (unpaired) electrons. The minimum absolute atomic E-state index is 0.00715. The molecule has 0 bridgehead atoms. The Morgan fingerprint density at radius 3 is 2.39 bits per heavy atom. The molecule has 0 aliphatic carbocycles. The summed E-state index contributed by atoms with van der Waals surface area (Å²) >= 11 is 0. The van der Waals surface area contributed by atoms with Crippen LogP contribution in [-0.2, 0) is 9.59 Å². The van der Waals surface area contributed by atoms with Crippen molar-refractivity contribution < 1.29 is 14.4 Å². The summed E-state index contributed by atoms with van der Waals surface area (Å²) in [5.41, 5.74) is 1.49. The van der Waals surface area contributed by atoms with Crippen LogP contribution >= 0.6 is 0 Å². The topological polar surface area (TPSA) is 73.0 Å². The van der Waals surface area contributed by atoms with E-state index in [9.17, 15) is 14.4 Å². The Bertz CT molecular complexity index is 724. The molecule has 2 aliphatic heterocycles. The first kappa shape index (κ1) is 20.1. The summed E-state index contributed by atoms with van der Waals surface area (Å²) < 4.78 is 0. The van der Waals surface area contributed by atoms with Crippen molar-refractivity contribution in [3.63, 3.8) is 0 Å². The average molecular weight is 384 g/mol. The third kappa shape index (κ3) is 4.98. The molecule has 1 N–H and O–H groups in total. The Balaban J connectivity index is 1.51. The van der Waals surface area contributed by atoms with E-state index in [0.29, 0.717) is 51.3 Å². The zero-order valence-corrected chi connectivity index (χ0v) is 16.2. The number of carbonyl (C=O) groups is 3. The lowest BCUT2D eigenvalue weighted by Crippen LogP contribution is -2.51. The number of carbonyl (C=O) groups excluding carboxylic acids is 3. The molecule has 150 valence electrons. The van der Waals surface area contributed by atoms with E-state index in [-0.39, 0.29) is 17.7 Å². The molecule has 3 rings (SSSR count). The van der Waals surface area contributed by atoms with Gasteiger partial charge in [-0.1, -0.05) is 6.08 Å². The Morgan fingerprint density at radius 1 is 1.04 bits per heavy atom. The monoisotopic (exact) mass is 384 g/mol. The van der Waals surface area contributed by atoms with E-state index < -0.39 is 0 Å². The molecular weight excluding hydrogens is 356 g/mol. The largest absolute Gasteiger partial charge is 0.352 e. The fourth-order valence-electron chi connectivity index (χ4n) is 3.60. The van der Waals surface area contributed by atoms with E-state index in [4.69, 9.17) is 0 Å². The number of hydrogen-bond donors (Lipinski definition) is 1. The smallest absolute Gasteiger partial charge is 0.253 e. The van der Waals surface area contributed by atoms with Crippen LogP contribution in [0.1, 0.15) is 29.6 Å². The standard InChI is InChI=1S/C21H28N4O3/c1-2-10-22-19(26)16-23-12-14-24(15-13-23)21(28)17-6-8-18(9-7-17)25-11-4-3-5-20(25)27/h2,6-9H,1,3-5,10-16H2,(H,22,26). The Hall–Kier alpha value is -2.67. The fourth-order valence-corrected chi connectivity index (χ4v) is 3.60. The van der Waals surface area contributed by atoms with Gasteiger partial charge in [0.2, 0.25) is 11.8 Å². The van der Waals surface area contributed by atoms with Gasteiger partial charge in [0.1, 0.15) is 0 Å². The lowest BCUT2D eigenvalue weighted by atomic mass is 10.1. The van der Waals surface area contributed by atoms with Crippen LogP contribution in [0.15, 0.2) is 36.9 Å². The Labute approximate surface area is 166 Å². The van der Waals surface area contributed by atoms with Gasteiger partial charge in [0.15, 0.2) is 0 Å². The predicted molar refractivity (Wildman–Crippen MR) is 108 cm³/mol. The maximum atomic E-state index is 12.8. The van der Waals surface area contributed by atoms with E-state index in [0.717, 1.165) is 25.1 Å². The molecule has 2 saturated heterocycles. The minimum atomic E-state index is -0.0254. The molecule has 0 atom stereocenters. The van der Waals surface area contributed by atoms with Crippen molar-refractivity contribution in [1.29, 1.82) is 0 Å². The van der Waals surface area contributed by atoms with Gasteiger partial charge in [-0.15, -0.1) is 6.58 Å². The number of nitrogens with zero attached hydrogens (tertiary/aromatic N) is 3. The van der Waals surface area contributed by atoms with Crippen molar-refractivity contribution in [2.24, 2.45) is 0 Å². The average Bonchev–Trinajstić information content (AvgIpc) is 2.73. The number of piperazine rings is 1. The van der Waals surface area contributed by atoms with Gasteiger partial charge in [-0.3, -0.25) is 19.3 Å². The molecule has 0 unspecified atom stereocenters. The van der Waals surface area contributed by atoms with Crippen LogP contribution in [0.5, 0.6) is 0 Å².